The Morgan fingerprint density at radius 3 is 3.06 bits per heavy atom. The van der Waals surface area contributed by atoms with Gasteiger partial charge in [-0.15, -0.1) is 11.3 Å². The maximum atomic E-state index is 11.9. The first-order valence-electron chi connectivity index (χ1n) is 5.60. The largest absolute Gasteiger partial charge is 0.305 e. The molecule has 1 aromatic rings. The SMILES string of the molecule is CC1C2(CCS1(=O)=O)NCCc1ccsc12. The van der Waals surface area contributed by atoms with E-state index in [9.17, 15) is 8.42 Å². The molecule has 3 heterocycles. The van der Waals surface area contributed by atoms with Crippen molar-refractivity contribution in [2.24, 2.45) is 0 Å². The van der Waals surface area contributed by atoms with E-state index in [0.29, 0.717) is 5.75 Å². The normalized spacial score (nSPS) is 36.4. The number of thiophene rings is 1. The summed E-state index contributed by atoms with van der Waals surface area (Å²) >= 11 is 1.70. The van der Waals surface area contributed by atoms with E-state index in [-0.39, 0.29) is 10.8 Å². The summed E-state index contributed by atoms with van der Waals surface area (Å²) < 4.78 is 23.9. The van der Waals surface area contributed by atoms with Gasteiger partial charge in [0.1, 0.15) is 0 Å². The molecule has 0 aliphatic carbocycles. The van der Waals surface area contributed by atoms with E-state index in [1.54, 1.807) is 11.3 Å². The molecule has 1 aromatic heterocycles. The Morgan fingerprint density at radius 1 is 1.56 bits per heavy atom. The molecule has 3 rings (SSSR count). The van der Waals surface area contributed by atoms with Crippen LogP contribution in [0.1, 0.15) is 23.8 Å². The molecule has 16 heavy (non-hydrogen) atoms. The van der Waals surface area contributed by atoms with E-state index in [2.05, 4.69) is 16.8 Å². The maximum absolute atomic E-state index is 11.9. The van der Waals surface area contributed by atoms with Gasteiger partial charge in [0.25, 0.3) is 0 Å². The van der Waals surface area contributed by atoms with Crippen LogP contribution in [0.15, 0.2) is 11.4 Å². The summed E-state index contributed by atoms with van der Waals surface area (Å²) in [5.41, 5.74) is 1.05. The second kappa shape index (κ2) is 3.31. The fourth-order valence-corrected chi connectivity index (χ4v) is 6.16. The van der Waals surface area contributed by atoms with Gasteiger partial charge >= 0.3 is 0 Å². The summed E-state index contributed by atoms with van der Waals surface area (Å²) in [6, 6.07) is 2.14. The van der Waals surface area contributed by atoms with Crippen molar-refractivity contribution in [1.82, 2.24) is 5.32 Å². The smallest absolute Gasteiger partial charge is 0.155 e. The first kappa shape index (κ1) is 10.7. The molecule has 0 radical (unpaired) electrons. The van der Waals surface area contributed by atoms with Crippen LogP contribution < -0.4 is 5.32 Å². The van der Waals surface area contributed by atoms with Crippen molar-refractivity contribution in [3.05, 3.63) is 21.9 Å². The predicted octanol–water partition coefficient (Wildman–Crippen LogP) is 1.30. The number of hydrogen-bond donors (Lipinski definition) is 1. The third-order valence-electron chi connectivity index (χ3n) is 4.00. The highest BCUT2D eigenvalue weighted by atomic mass is 32.2. The van der Waals surface area contributed by atoms with Crippen LogP contribution in [0.2, 0.25) is 0 Å². The van der Waals surface area contributed by atoms with E-state index in [4.69, 9.17) is 0 Å². The zero-order valence-corrected chi connectivity index (χ0v) is 10.8. The molecule has 2 atom stereocenters. The minimum Gasteiger partial charge on any atom is -0.305 e. The lowest BCUT2D eigenvalue weighted by atomic mass is 9.85. The van der Waals surface area contributed by atoms with E-state index in [1.807, 2.05) is 6.92 Å². The van der Waals surface area contributed by atoms with Gasteiger partial charge in [-0.1, -0.05) is 0 Å². The van der Waals surface area contributed by atoms with E-state index in [0.717, 1.165) is 19.4 Å². The molecule has 0 amide bonds. The second-order valence-electron chi connectivity index (χ2n) is 4.68. The summed E-state index contributed by atoms with van der Waals surface area (Å²) in [7, 11) is -2.91. The van der Waals surface area contributed by atoms with Crippen LogP contribution in [0, 0.1) is 0 Å². The van der Waals surface area contributed by atoms with Crippen LogP contribution in [0.25, 0.3) is 0 Å². The van der Waals surface area contributed by atoms with E-state index >= 15 is 0 Å². The summed E-state index contributed by atoms with van der Waals surface area (Å²) in [6.07, 6.45) is 1.75. The summed E-state index contributed by atoms with van der Waals surface area (Å²) in [4.78, 5) is 1.26. The molecule has 2 aliphatic heterocycles. The average molecular weight is 257 g/mol. The summed E-state index contributed by atoms with van der Waals surface area (Å²) in [5, 5.41) is 5.26. The minimum absolute atomic E-state index is 0.291. The number of nitrogens with one attached hydrogen (secondary N) is 1. The Bertz CT molecular complexity index is 520. The van der Waals surface area contributed by atoms with E-state index < -0.39 is 9.84 Å². The van der Waals surface area contributed by atoms with Crippen molar-refractivity contribution < 1.29 is 8.42 Å². The molecule has 1 fully saturated rings. The molecule has 1 spiro atoms. The number of hydrogen-bond acceptors (Lipinski definition) is 4. The van der Waals surface area contributed by atoms with Crippen LogP contribution in [-0.4, -0.2) is 26.0 Å². The van der Waals surface area contributed by atoms with Gasteiger partial charge in [0.2, 0.25) is 0 Å². The zero-order valence-electron chi connectivity index (χ0n) is 9.19. The molecular formula is C11H15NO2S2. The number of sulfone groups is 1. The van der Waals surface area contributed by atoms with Gasteiger partial charge in [0, 0.05) is 11.4 Å². The van der Waals surface area contributed by atoms with Crippen LogP contribution in [-0.2, 0) is 21.8 Å². The molecule has 88 valence electrons. The molecule has 1 N–H and O–H groups in total. The predicted molar refractivity (Wildman–Crippen MR) is 65.6 cm³/mol. The van der Waals surface area contributed by atoms with Crippen molar-refractivity contribution in [1.29, 1.82) is 0 Å². The third kappa shape index (κ3) is 1.25. The van der Waals surface area contributed by atoms with Gasteiger partial charge in [0.15, 0.2) is 9.84 Å². The second-order valence-corrected chi connectivity index (χ2v) is 8.04. The highest BCUT2D eigenvalue weighted by Crippen LogP contribution is 2.45. The number of fused-ring (bicyclic) bond motifs is 2. The van der Waals surface area contributed by atoms with Crippen LogP contribution in [0.3, 0.4) is 0 Å². The van der Waals surface area contributed by atoms with Gasteiger partial charge in [-0.3, -0.25) is 0 Å². The monoisotopic (exact) mass is 257 g/mol. The maximum Gasteiger partial charge on any atom is 0.155 e. The Kier molecular flexibility index (Phi) is 2.22. The molecule has 5 heteroatoms. The Balaban J connectivity index is 2.16. The van der Waals surface area contributed by atoms with Gasteiger partial charge in [0.05, 0.1) is 16.5 Å². The fourth-order valence-electron chi connectivity index (χ4n) is 2.94. The Morgan fingerprint density at radius 2 is 2.38 bits per heavy atom. The fraction of sp³-hybridized carbons (Fsp3) is 0.636. The highest BCUT2D eigenvalue weighted by Gasteiger charge is 2.52. The lowest BCUT2D eigenvalue weighted by Crippen LogP contribution is -2.51. The third-order valence-corrected chi connectivity index (χ3v) is 7.39. The van der Waals surface area contributed by atoms with Crippen LogP contribution in [0.5, 0.6) is 0 Å². The molecule has 0 aromatic carbocycles. The van der Waals surface area contributed by atoms with Crippen molar-refractivity contribution in [2.45, 2.75) is 30.6 Å². The quantitative estimate of drug-likeness (QED) is 0.762. The molecule has 2 unspecified atom stereocenters. The van der Waals surface area contributed by atoms with Crippen molar-refractivity contribution in [3.8, 4) is 0 Å². The van der Waals surface area contributed by atoms with Gasteiger partial charge in [-0.2, -0.15) is 0 Å². The first-order valence-corrected chi connectivity index (χ1v) is 8.19. The standard InChI is InChI=1S/C11H15NO2S2/c1-8-11(4-7-16(8,13)14)10-9(2-5-12-11)3-6-15-10/h3,6,8,12H,2,4-5,7H2,1H3. The van der Waals surface area contributed by atoms with Gasteiger partial charge < -0.3 is 5.32 Å². The first-order chi connectivity index (χ1) is 7.56. The average Bonchev–Trinajstić information content (AvgIpc) is 2.80. The lowest BCUT2D eigenvalue weighted by Gasteiger charge is -2.37. The van der Waals surface area contributed by atoms with Gasteiger partial charge in [-0.25, -0.2) is 8.42 Å². The minimum atomic E-state index is -2.91. The summed E-state index contributed by atoms with van der Waals surface area (Å²) in [6.45, 7) is 2.74. The van der Waals surface area contributed by atoms with Crippen molar-refractivity contribution in [2.75, 3.05) is 12.3 Å². The van der Waals surface area contributed by atoms with Crippen LogP contribution >= 0.6 is 11.3 Å². The molecule has 1 saturated heterocycles. The molecular weight excluding hydrogens is 242 g/mol. The summed E-state index contributed by atoms with van der Waals surface area (Å²) in [5.74, 6) is 0.318. The van der Waals surface area contributed by atoms with E-state index in [1.165, 1.54) is 10.4 Å². The molecule has 0 bridgehead atoms. The van der Waals surface area contributed by atoms with Crippen molar-refractivity contribution in [3.63, 3.8) is 0 Å². The Hall–Kier alpha value is -0.390. The van der Waals surface area contributed by atoms with Gasteiger partial charge in [-0.05, 0) is 36.8 Å². The molecule has 0 saturated carbocycles. The molecule has 2 aliphatic rings. The zero-order chi connectivity index (χ0) is 11.4. The molecule has 3 nitrogen and oxygen atoms in total. The van der Waals surface area contributed by atoms with Crippen molar-refractivity contribution >= 4 is 21.2 Å². The topological polar surface area (TPSA) is 46.2 Å². The lowest BCUT2D eigenvalue weighted by molar-refractivity contribution is 0.322. The van der Waals surface area contributed by atoms with Crippen LogP contribution in [0.4, 0.5) is 0 Å². The number of rotatable bonds is 0. The highest BCUT2D eigenvalue weighted by molar-refractivity contribution is 7.92. The Labute approximate surface area is 99.8 Å².